The summed E-state index contributed by atoms with van der Waals surface area (Å²) in [5, 5.41) is 0. The van der Waals surface area contributed by atoms with E-state index in [4.69, 9.17) is 9.47 Å². The second-order valence-electron chi connectivity index (χ2n) is 7.33. The molecule has 3 aromatic rings. The smallest absolute Gasteiger partial charge is 0.260 e. The number of para-hydroxylation sites is 2. The first-order valence-corrected chi connectivity index (χ1v) is 10.2. The van der Waals surface area contributed by atoms with Crippen molar-refractivity contribution < 1.29 is 14.3 Å². The third-order valence-corrected chi connectivity index (χ3v) is 5.34. The Morgan fingerprint density at radius 3 is 2.55 bits per heavy atom. The lowest BCUT2D eigenvalue weighted by molar-refractivity contribution is -0.134. The summed E-state index contributed by atoms with van der Waals surface area (Å²) in [5.74, 6) is 1.78. The highest BCUT2D eigenvalue weighted by atomic mass is 16.5. The van der Waals surface area contributed by atoms with E-state index in [1.165, 1.54) is 6.07 Å². The number of hydrogen-bond donors (Lipinski definition) is 1. The molecule has 1 aliphatic heterocycles. The molecule has 1 aromatic carbocycles. The summed E-state index contributed by atoms with van der Waals surface area (Å²) in [6.07, 6.45) is 3.11. The molecule has 0 bridgehead atoms. The first-order chi connectivity index (χ1) is 15.1. The number of H-pyrrole nitrogens is 1. The van der Waals surface area contributed by atoms with Gasteiger partial charge >= 0.3 is 0 Å². The van der Waals surface area contributed by atoms with Crippen molar-refractivity contribution in [3.05, 3.63) is 70.9 Å². The number of carbonyl (C=O) groups is 1. The Bertz CT molecular complexity index is 1090. The number of nitrogens with zero attached hydrogens (tertiary/aromatic N) is 3. The Labute approximate surface area is 179 Å². The molecule has 0 saturated carbocycles. The maximum atomic E-state index is 12.6. The van der Waals surface area contributed by atoms with Gasteiger partial charge in [0.15, 0.2) is 18.1 Å². The largest absolute Gasteiger partial charge is 0.493 e. The summed E-state index contributed by atoms with van der Waals surface area (Å²) in [7, 11) is 1.57. The molecule has 1 saturated heterocycles. The number of nitrogens with one attached hydrogen (secondary N) is 1. The third kappa shape index (κ3) is 4.91. The standard InChI is InChI=1S/C23H24N4O4/c1-30-19-7-2-3-8-20(19)31-15-22(29)27-12-9-16(10-13-27)23-25-18(14-21(28)26-23)17-6-4-5-11-24-17/h2-8,11,14,16H,9-10,12-13,15H2,1H3,(H,25,26,28). The van der Waals surface area contributed by atoms with Crippen LogP contribution >= 0.6 is 0 Å². The molecule has 0 radical (unpaired) electrons. The Kier molecular flexibility index (Phi) is 6.26. The van der Waals surface area contributed by atoms with Crippen molar-refractivity contribution in [2.24, 2.45) is 0 Å². The number of likely N-dealkylation sites (tertiary alicyclic amines) is 1. The summed E-state index contributed by atoms with van der Waals surface area (Å²) in [5.41, 5.74) is 1.02. The number of ether oxygens (including phenoxy) is 2. The lowest BCUT2D eigenvalue weighted by Gasteiger charge is -2.31. The van der Waals surface area contributed by atoms with E-state index in [-0.39, 0.29) is 24.0 Å². The van der Waals surface area contributed by atoms with Gasteiger partial charge in [0, 0.05) is 31.3 Å². The monoisotopic (exact) mass is 420 g/mol. The molecule has 0 unspecified atom stereocenters. The Hall–Kier alpha value is -3.68. The van der Waals surface area contributed by atoms with E-state index in [1.807, 2.05) is 30.3 Å². The second kappa shape index (κ2) is 9.42. The fraction of sp³-hybridized carbons (Fsp3) is 0.304. The molecule has 2 aromatic heterocycles. The van der Waals surface area contributed by atoms with Gasteiger partial charge in [0.05, 0.1) is 18.5 Å². The topological polar surface area (TPSA) is 97.4 Å². The van der Waals surface area contributed by atoms with Crippen LogP contribution in [0.25, 0.3) is 11.4 Å². The summed E-state index contributed by atoms with van der Waals surface area (Å²) < 4.78 is 10.9. The molecule has 160 valence electrons. The van der Waals surface area contributed by atoms with Gasteiger partial charge in [-0.2, -0.15) is 0 Å². The molecule has 0 aliphatic carbocycles. The minimum absolute atomic E-state index is 0.0463. The molecule has 31 heavy (non-hydrogen) atoms. The number of aromatic amines is 1. The van der Waals surface area contributed by atoms with Crippen LogP contribution < -0.4 is 15.0 Å². The lowest BCUT2D eigenvalue weighted by Crippen LogP contribution is -2.41. The maximum absolute atomic E-state index is 12.6. The highest BCUT2D eigenvalue weighted by Crippen LogP contribution is 2.28. The van der Waals surface area contributed by atoms with Gasteiger partial charge in [-0.25, -0.2) is 4.98 Å². The van der Waals surface area contributed by atoms with Crippen molar-refractivity contribution in [3.8, 4) is 22.9 Å². The number of piperidine rings is 1. The summed E-state index contributed by atoms with van der Waals surface area (Å²) >= 11 is 0. The van der Waals surface area contributed by atoms with E-state index < -0.39 is 0 Å². The van der Waals surface area contributed by atoms with Crippen LogP contribution in [0.4, 0.5) is 0 Å². The first kappa shape index (κ1) is 20.6. The molecule has 8 nitrogen and oxygen atoms in total. The number of benzene rings is 1. The Morgan fingerprint density at radius 2 is 1.84 bits per heavy atom. The van der Waals surface area contributed by atoms with Crippen LogP contribution in [-0.4, -0.2) is 52.6 Å². The SMILES string of the molecule is COc1ccccc1OCC(=O)N1CCC(c2nc(-c3ccccn3)cc(=O)[nH]2)CC1. The molecule has 0 atom stereocenters. The molecule has 1 aliphatic rings. The highest BCUT2D eigenvalue weighted by Gasteiger charge is 2.26. The average molecular weight is 420 g/mol. The predicted octanol–water partition coefficient (Wildman–Crippen LogP) is 2.63. The van der Waals surface area contributed by atoms with Crippen LogP contribution in [0.1, 0.15) is 24.6 Å². The zero-order valence-corrected chi connectivity index (χ0v) is 17.3. The van der Waals surface area contributed by atoms with E-state index in [2.05, 4.69) is 15.0 Å². The summed E-state index contributed by atoms with van der Waals surface area (Å²) in [6.45, 7) is 1.11. The van der Waals surface area contributed by atoms with Gasteiger partial charge in [-0.05, 0) is 37.1 Å². The summed E-state index contributed by atoms with van der Waals surface area (Å²) in [6, 6.07) is 14.2. The molecular formula is C23H24N4O4. The minimum atomic E-state index is -0.200. The fourth-order valence-corrected chi connectivity index (χ4v) is 3.69. The third-order valence-electron chi connectivity index (χ3n) is 5.34. The Balaban J connectivity index is 1.37. The summed E-state index contributed by atoms with van der Waals surface area (Å²) in [4.78, 5) is 38.3. The van der Waals surface area contributed by atoms with E-state index in [0.29, 0.717) is 41.8 Å². The van der Waals surface area contributed by atoms with E-state index in [1.54, 1.807) is 30.3 Å². The lowest BCUT2D eigenvalue weighted by atomic mass is 9.95. The maximum Gasteiger partial charge on any atom is 0.260 e. The van der Waals surface area contributed by atoms with Crippen molar-refractivity contribution in [1.29, 1.82) is 0 Å². The predicted molar refractivity (Wildman–Crippen MR) is 115 cm³/mol. The second-order valence-corrected chi connectivity index (χ2v) is 7.33. The number of rotatable bonds is 6. The van der Waals surface area contributed by atoms with Gasteiger partial charge in [-0.1, -0.05) is 18.2 Å². The van der Waals surface area contributed by atoms with Crippen molar-refractivity contribution in [1.82, 2.24) is 19.9 Å². The van der Waals surface area contributed by atoms with Crippen LogP contribution in [0, 0.1) is 0 Å². The molecule has 1 fully saturated rings. The van der Waals surface area contributed by atoms with Crippen molar-refractivity contribution in [3.63, 3.8) is 0 Å². The molecule has 1 N–H and O–H groups in total. The molecule has 1 amide bonds. The van der Waals surface area contributed by atoms with Crippen LogP contribution in [0.2, 0.25) is 0 Å². The quantitative estimate of drug-likeness (QED) is 0.658. The van der Waals surface area contributed by atoms with Crippen LogP contribution in [0.5, 0.6) is 11.5 Å². The van der Waals surface area contributed by atoms with Gasteiger partial charge in [-0.15, -0.1) is 0 Å². The first-order valence-electron chi connectivity index (χ1n) is 10.2. The number of amides is 1. The van der Waals surface area contributed by atoms with Crippen LogP contribution in [0.3, 0.4) is 0 Å². The fourth-order valence-electron chi connectivity index (χ4n) is 3.69. The zero-order chi connectivity index (χ0) is 21.6. The minimum Gasteiger partial charge on any atom is -0.493 e. The zero-order valence-electron chi connectivity index (χ0n) is 17.3. The van der Waals surface area contributed by atoms with E-state index >= 15 is 0 Å². The number of methoxy groups -OCH3 is 1. The van der Waals surface area contributed by atoms with Gasteiger partial charge in [0.25, 0.3) is 11.5 Å². The molecule has 8 heteroatoms. The number of pyridine rings is 1. The molecular weight excluding hydrogens is 396 g/mol. The van der Waals surface area contributed by atoms with Gasteiger partial charge in [0.1, 0.15) is 5.82 Å². The van der Waals surface area contributed by atoms with E-state index in [0.717, 1.165) is 12.8 Å². The van der Waals surface area contributed by atoms with Gasteiger partial charge in [0.2, 0.25) is 0 Å². The van der Waals surface area contributed by atoms with Crippen molar-refractivity contribution in [2.45, 2.75) is 18.8 Å². The molecule has 4 rings (SSSR count). The molecule has 0 spiro atoms. The van der Waals surface area contributed by atoms with Crippen molar-refractivity contribution >= 4 is 5.91 Å². The van der Waals surface area contributed by atoms with Crippen LogP contribution in [0.15, 0.2) is 59.5 Å². The van der Waals surface area contributed by atoms with Gasteiger partial charge < -0.3 is 19.4 Å². The Morgan fingerprint density at radius 1 is 1.10 bits per heavy atom. The number of hydrogen-bond acceptors (Lipinski definition) is 6. The van der Waals surface area contributed by atoms with Crippen molar-refractivity contribution in [2.75, 3.05) is 26.8 Å². The average Bonchev–Trinajstić information content (AvgIpc) is 2.83. The van der Waals surface area contributed by atoms with Crippen LogP contribution in [-0.2, 0) is 4.79 Å². The number of carbonyl (C=O) groups excluding carboxylic acids is 1. The van der Waals surface area contributed by atoms with Gasteiger partial charge in [-0.3, -0.25) is 14.6 Å². The molecule has 3 heterocycles. The number of aromatic nitrogens is 3. The normalized spacial score (nSPS) is 14.3. The van der Waals surface area contributed by atoms with E-state index in [9.17, 15) is 9.59 Å². The highest BCUT2D eigenvalue weighted by molar-refractivity contribution is 5.78.